The maximum absolute atomic E-state index is 11.8. The molecule has 1 aliphatic carbocycles. The van der Waals surface area contributed by atoms with Crippen LogP contribution >= 0.6 is 0 Å². The van der Waals surface area contributed by atoms with E-state index in [1.807, 2.05) is 6.07 Å². The lowest BCUT2D eigenvalue weighted by Gasteiger charge is -2.39. The first kappa shape index (κ1) is 18.7. The molecular weight excluding hydrogens is 302 g/mol. The first-order valence-corrected chi connectivity index (χ1v) is 8.87. The third-order valence-corrected chi connectivity index (χ3v) is 4.75. The minimum absolute atomic E-state index is 0.0221. The average molecular weight is 331 g/mol. The van der Waals surface area contributed by atoms with Crippen molar-refractivity contribution < 1.29 is 14.3 Å². The molecular formula is C20H29NO3. The Balaban J connectivity index is 1.93. The predicted molar refractivity (Wildman–Crippen MR) is 94.6 cm³/mol. The maximum Gasteiger partial charge on any atom is 0.313 e. The van der Waals surface area contributed by atoms with Gasteiger partial charge in [0.1, 0.15) is 12.2 Å². The van der Waals surface area contributed by atoms with E-state index in [2.05, 4.69) is 36.2 Å². The summed E-state index contributed by atoms with van der Waals surface area (Å²) in [5.74, 6) is -0.531. The fourth-order valence-corrected chi connectivity index (χ4v) is 3.66. The average Bonchev–Trinajstić information content (AvgIpc) is 2.54. The molecule has 0 radical (unpaired) electrons. The van der Waals surface area contributed by atoms with Gasteiger partial charge in [0.25, 0.3) is 0 Å². The van der Waals surface area contributed by atoms with Crippen LogP contribution in [0, 0.1) is 5.41 Å². The Morgan fingerprint density at radius 1 is 1.12 bits per heavy atom. The number of hydrogen-bond acceptors (Lipinski definition) is 4. The summed E-state index contributed by atoms with van der Waals surface area (Å²) in [6.45, 7) is 3.66. The molecule has 0 spiro atoms. The van der Waals surface area contributed by atoms with Crippen molar-refractivity contribution in [3.8, 4) is 0 Å². The summed E-state index contributed by atoms with van der Waals surface area (Å²) in [5, 5.41) is 0. The molecule has 1 saturated carbocycles. The molecule has 0 amide bonds. The fraction of sp³-hybridized carbons (Fsp3) is 0.600. The van der Waals surface area contributed by atoms with Gasteiger partial charge >= 0.3 is 5.97 Å². The molecule has 0 bridgehead atoms. The third-order valence-electron chi connectivity index (χ3n) is 4.75. The van der Waals surface area contributed by atoms with Crippen molar-refractivity contribution in [3.05, 3.63) is 35.9 Å². The predicted octanol–water partition coefficient (Wildman–Crippen LogP) is 3.59. The topological polar surface area (TPSA) is 46.6 Å². The van der Waals surface area contributed by atoms with E-state index in [1.54, 1.807) is 0 Å². The van der Waals surface area contributed by atoms with Crippen LogP contribution in [0.15, 0.2) is 30.3 Å². The van der Waals surface area contributed by atoms with Crippen LogP contribution in [0.25, 0.3) is 0 Å². The molecule has 0 aliphatic heterocycles. The second-order valence-electron chi connectivity index (χ2n) is 7.26. The van der Waals surface area contributed by atoms with Crippen molar-refractivity contribution in [2.45, 2.75) is 52.0 Å². The second kappa shape index (κ2) is 8.97. The summed E-state index contributed by atoms with van der Waals surface area (Å²) < 4.78 is 5.46. The van der Waals surface area contributed by atoms with E-state index < -0.39 is 5.97 Å². The highest BCUT2D eigenvalue weighted by atomic mass is 16.5. The zero-order chi connectivity index (χ0) is 17.4. The first-order chi connectivity index (χ1) is 11.5. The Kier molecular flexibility index (Phi) is 6.98. The molecule has 1 aromatic rings. The van der Waals surface area contributed by atoms with Crippen molar-refractivity contribution in [2.75, 3.05) is 20.2 Å². The summed E-state index contributed by atoms with van der Waals surface area (Å²) in [6.07, 6.45) is 5.67. The van der Waals surface area contributed by atoms with Gasteiger partial charge in [-0.3, -0.25) is 9.59 Å². The number of carbonyl (C=O) groups excluding carboxylic acids is 2. The highest BCUT2D eigenvalue weighted by Crippen LogP contribution is 2.37. The minimum Gasteiger partial charge on any atom is -0.465 e. The quantitative estimate of drug-likeness (QED) is 0.539. The molecule has 24 heavy (non-hydrogen) atoms. The number of nitrogens with zero attached hydrogens (tertiary/aromatic N) is 1. The van der Waals surface area contributed by atoms with Crippen LogP contribution in [-0.4, -0.2) is 36.9 Å². The number of rotatable bonds is 8. The molecule has 132 valence electrons. The van der Waals surface area contributed by atoms with Crippen LogP contribution in [0.5, 0.6) is 0 Å². The van der Waals surface area contributed by atoms with E-state index in [-0.39, 0.29) is 17.6 Å². The number of ether oxygens (including phenoxy) is 1. The Morgan fingerprint density at radius 3 is 2.42 bits per heavy atom. The van der Waals surface area contributed by atoms with Crippen LogP contribution in [0.2, 0.25) is 0 Å². The molecule has 1 aromatic carbocycles. The van der Waals surface area contributed by atoms with E-state index >= 15 is 0 Å². The second-order valence-corrected chi connectivity index (χ2v) is 7.26. The minimum atomic E-state index is -0.391. The Labute approximate surface area is 145 Å². The van der Waals surface area contributed by atoms with Crippen molar-refractivity contribution >= 4 is 11.8 Å². The molecule has 4 heteroatoms. The molecule has 0 aromatic heterocycles. The summed E-state index contributed by atoms with van der Waals surface area (Å²) >= 11 is 0. The van der Waals surface area contributed by atoms with Gasteiger partial charge in [-0.1, -0.05) is 49.6 Å². The lowest BCUT2D eigenvalue weighted by Crippen LogP contribution is -2.41. The van der Waals surface area contributed by atoms with Gasteiger partial charge in [-0.15, -0.1) is 0 Å². The van der Waals surface area contributed by atoms with E-state index in [1.165, 1.54) is 31.7 Å². The lowest BCUT2D eigenvalue weighted by atomic mass is 9.74. The van der Waals surface area contributed by atoms with Gasteiger partial charge < -0.3 is 9.64 Å². The van der Waals surface area contributed by atoms with Gasteiger partial charge in [0.05, 0.1) is 6.61 Å². The Morgan fingerprint density at radius 2 is 1.79 bits per heavy atom. The molecule has 0 unspecified atom stereocenters. The van der Waals surface area contributed by atoms with Crippen LogP contribution in [0.3, 0.4) is 0 Å². The monoisotopic (exact) mass is 331 g/mol. The van der Waals surface area contributed by atoms with Gasteiger partial charge in [0.15, 0.2) is 0 Å². The van der Waals surface area contributed by atoms with Crippen molar-refractivity contribution in [1.82, 2.24) is 4.90 Å². The zero-order valence-electron chi connectivity index (χ0n) is 14.9. The first-order valence-electron chi connectivity index (χ1n) is 8.87. The van der Waals surface area contributed by atoms with Gasteiger partial charge in [-0.05, 0) is 32.4 Å². The lowest BCUT2D eigenvalue weighted by molar-refractivity contribution is -0.150. The highest BCUT2D eigenvalue weighted by molar-refractivity contribution is 5.94. The van der Waals surface area contributed by atoms with Gasteiger partial charge in [-0.25, -0.2) is 0 Å². The fourth-order valence-electron chi connectivity index (χ4n) is 3.66. The summed E-state index contributed by atoms with van der Waals surface area (Å²) in [4.78, 5) is 25.1. The number of esters is 1. The molecule has 0 N–H and O–H groups in total. The number of Topliss-reactive ketones (excluding diaryl/α,β-unsaturated/α-hetero) is 1. The SMILES string of the molecule is CC(=O)CC(=O)OCC1(CN(C)Cc2ccccc2)CCCCC1. The Bertz CT molecular complexity index is 535. The number of carbonyl (C=O) groups is 2. The number of benzene rings is 1. The number of hydrogen-bond donors (Lipinski definition) is 0. The summed E-state index contributed by atoms with van der Waals surface area (Å²) in [6, 6.07) is 10.4. The van der Waals surface area contributed by atoms with Crippen LogP contribution in [0.4, 0.5) is 0 Å². The zero-order valence-corrected chi connectivity index (χ0v) is 14.9. The molecule has 4 nitrogen and oxygen atoms in total. The van der Waals surface area contributed by atoms with E-state index in [0.29, 0.717) is 6.61 Å². The molecule has 1 aliphatic rings. The molecule has 2 rings (SSSR count). The largest absolute Gasteiger partial charge is 0.465 e. The van der Waals surface area contributed by atoms with Crippen molar-refractivity contribution in [1.29, 1.82) is 0 Å². The normalized spacial score (nSPS) is 16.8. The van der Waals surface area contributed by atoms with Crippen LogP contribution in [-0.2, 0) is 20.9 Å². The van der Waals surface area contributed by atoms with Gasteiger partial charge in [0.2, 0.25) is 0 Å². The Hall–Kier alpha value is -1.68. The van der Waals surface area contributed by atoms with E-state index in [0.717, 1.165) is 25.9 Å². The van der Waals surface area contributed by atoms with Gasteiger partial charge in [0, 0.05) is 18.5 Å². The standard InChI is InChI=1S/C20H29NO3/c1-17(22)13-19(23)24-16-20(11-7-4-8-12-20)15-21(2)14-18-9-5-3-6-10-18/h3,5-6,9-10H,4,7-8,11-16H2,1-2H3. The van der Waals surface area contributed by atoms with Crippen molar-refractivity contribution in [3.63, 3.8) is 0 Å². The maximum atomic E-state index is 11.8. The van der Waals surface area contributed by atoms with E-state index in [9.17, 15) is 9.59 Å². The molecule has 0 heterocycles. The molecule has 0 atom stereocenters. The summed E-state index contributed by atoms with van der Waals surface area (Å²) in [5.41, 5.74) is 1.31. The van der Waals surface area contributed by atoms with E-state index in [4.69, 9.17) is 4.74 Å². The van der Waals surface area contributed by atoms with Crippen LogP contribution in [0.1, 0.15) is 51.0 Å². The summed E-state index contributed by atoms with van der Waals surface area (Å²) in [7, 11) is 2.13. The van der Waals surface area contributed by atoms with Crippen LogP contribution < -0.4 is 0 Å². The molecule has 0 saturated heterocycles. The number of ketones is 1. The van der Waals surface area contributed by atoms with Crippen molar-refractivity contribution in [2.24, 2.45) is 5.41 Å². The van der Waals surface area contributed by atoms with Gasteiger partial charge in [-0.2, -0.15) is 0 Å². The molecule has 1 fully saturated rings. The smallest absolute Gasteiger partial charge is 0.313 e. The third kappa shape index (κ3) is 6.08. The highest BCUT2D eigenvalue weighted by Gasteiger charge is 2.34.